The van der Waals surface area contributed by atoms with Crippen LogP contribution >= 0.6 is 27.0 Å². The molecule has 0 aliphatic carbocycles. The molecule has 1 saturated heterocycles. The fraction of sp³-hybridized carbons (Fsp3) is 1.00. The van der Waals surface area contributed by atoms with Crippen molar-refractivity contribution in [3.05, 3.63) is 0 Å². The van der Waals surface area contributed by atoms with E-state index >= 15 is 0 Å². The van der Waals surface area contributed by atoms with Crippen LogP contribution in [0.15, 0.2) is 0 Å². The highest BCUT2D eigenvalue weighted by Gasteiger charge is 2.17. The number of nitrogens with one attached hydrogen (secondary N) is 1. The Morgan fingerprint density at radius 1 is 1.70 bits per heavy atom. The predicted molar refractivity (Wildman–Crippen MR) is 53.5 cm³/mol. The molecule has 64 valence electrons. The Bertz CT molecular complexity index is 101. The van der Waals surface area contributed by atoms with Crippen LogP contribution in [0.25, 0.3) is 0 Å². The molecule has 0 amide bonds. The standard InChI is InChI=1S/C6H13NO.2H2S/c1-5(8)6-3-2-4-7-6;;/h5-8H,2-4H2,1H3;2*1H2/t5-,6+;;/m1../s1/i5D;;. The lowest BCUT2D eigenvalue weighted by atomic mass is 10.1. The van der Waals surface area contributed by atoms with E-state index in [1.165, 1.54) is 6.92 Å². The summed E-state index contributed by atoms with van der Waals surface area (Å²) < 4.78 is 7.22. The number of rotatable bonds is 1. The lowest BCUT2D eigenvalue weighted by molar-refractivity contribution is 0.154. The van der Waals surface area contributed by atoms with E-state index in [-0.39, 0.29) is 33.0 Å². The molecule has 0 radical (unpaired) electrons. The van der Waals surface area contributed by atoms with Gasteiger partial charge >= 0.3 is 0 Å². The molecule has 0 aromatic heterocycles. The second-order valence-electron chi connectivity index (χ2n) is 2.29. The number of hydrogen-bond donors (Lipinski definition) is 2. The Morgan fingerprint density at radius 3 is 2.50 bits per heavy atom. The molecule has 1 aliphatic heterocycles. The summed E-state index contributed by atoms with van der Waals surface area (Å²) in [6.45, 7) is 2.47. The minimum absolute atomic E-state index is 0. The van der Waals surface area contributed by atoms with Gasteiger partial charge in [-0.2, -0.15) is 27.0 Å². The molecule has 1 rings (SSSR count). The van der Waals surface area contributed by atoms with Gasteiger partial charge in [0.05, 0.1) is 7.45 Å². The summed E-state index contributed by atoms with van der Waals surface area (Å²) in [6, 6.07) is -0.0162. The third-order valence-electron chi connectivity index (χ3n) is 1.56. The molecule has 0 saturated carbocycles. The smallest absolute Gasteiger partial charge is 0.0665 e. The van der Waals surface area contributed by atoms with Gasteiger partial charge in [-0.1, -0.05) is 0 Å². The third kappa shape index (κ3) is 3.71. The molecular formula is C6H17NOS2. The van der Waals surface area contributed by atoms with Crippen molar-refractivity contribution < 1.29 is 6.48 Å². The molecule has 2 N–H and O–H groups in total. The molecule has 0 spiro atoms. The lowest BCUT2D eigenvalue weighted by Gasteiger charge is -2.11. The van der Waals surface area contributed by atoms with E-state index in [2.05, 4.69) is 5.32 Å². The molecule has 0 unspecified atom stereocenters. The van der Waals surface area contributed by atoms with Gasteiger partial charge in [0.1, 0.15) is 0 Å². The van der Waals surface area contributed by atoms with Crippen molar-refractivity contribution in [1.82, 2.24) is 5.32 Å². The zero-order chi connectivity index (χ0) is 6.91. The fourth-order valence-electron chi connectivity index (χ4n) is 1.04. The van der Waals surface area contributed by atoms with Gasteiger partial charge in [-0.15, -0.1) is 0 Å². The third-order valence-corrected chi connectivity index (χ3v) is 1.56. The molecule has 2 atom stereocenters. The van der Waals surface area contributed by atoms with Gasteiger partial charge in [0.15, 0.2) is 0 Å². The second-order valence-corrected chi connectivity index (χ2v) is 2.29. The number of hydrogen-bond acceptors (Lipinski definition) is 2. The monoisotopic (exact) mass is 184 g/mol. The van der Waals surface area contributed by atoms with Crippen molar-refractivity contribution in [3.63, 3.8) is 0 Å². The molecular weight excluding hydrogens is 166 g/mol. The Balaban J connectivity index is 0. The maximum Gasteiger partial charge on any atom is 0.0665 e. The van der Waals surface area contributed by atoms with Gasteiger partial charge < -0.3 is 10.4 Å². The molecule has 1 fully saturated rings. The van der Waals surface area contributed by atoms with Crippen molar-refractivity contribution in [2.45, 2.75) is 31.9 Å². The largest absolute Gasteiger partial charge is 0.392 e. The van der Waals surface area contributed by atoms with Gasteiger partial charge in [0.2, 0.25) is 0 Å². The predicted octanol–water partition coefficient (Wildman–Crippen LogP) is 0.345. The molecule has 1 heterocycles. The van der Waals surface area contributed by atoms with Crippen LogP contribution < -0.4 is 5.32 Å². The Hall–Kier alpha value is 0.620. The summed E-state index contributed by atoms with van der Waals surface area (Å²) in [4.78, 5) is 0. The Labute approximate surface area is 77.7 Å². The first-order valence-corrected chi connectivity index (χ1v) is 3.06. The zero-order valence-corrected chi connectivity index (χ0v) is 8.15. The van der Waals surface area contributed by atoms with Crippen LogP contribution in [-0.4, -0.2) is 23.8 Å². The van der Waals surface area contributed by atoms with Crippen molar-refractivity contribution in [3.8, 4) is 0 Å². The lowest BCUT2D eigenvalue weighted by Crippen LogP contribution is -2.32. The van der Waals surface area contributed by atoms with Gasteiger partial charge in [-0.25, -0.2) is 0 Å². The Kier molecular flexibility index (Phi) is 6.73. The van der Waals surface area contributed by atoms with Crippen molar-refractivity contribution in [1.29, 1.82) is 0 Å². The van der Waals surface area contributed by atoms with Crippen molar-refractivity contribution in [2.24, 2.45) is 0 Å². The van der Waals surface area contributed by atoms with E-state index in [0.29, 0.717) is 0 Å². The highest BCUT2D eigenvalue weighted by atomic mass is 32.1. The number of aliphatic hydroxyl groups is 1. The first-order chi connectivity index (χ1) is 4.11. The summed E-state index contributed by atoms with van der Waals surface area (Å²) in [5, 5.41) is 12.2. The van der Waals surface area contributed by atoms with E-state index in [4.69, 9.17) is 6.48 Å². The summed E-state index contributed by atoms with van der Waals surface area (Å²) in [5.74, 6) is 0. The second kappa shape index (κ2) is 6.34. The molecule has 0 aromatic carbocycles. The average molecular weight is 184 g/mol. The summed E-state index contributed by atoms with van der Waals surface area (Å²) in [7, 11) is 0. The van der Waals surface area contributed by atoms with Crippen LogP contribution in [0.4, 0.5) is 0 Å². The summed E-state index contributed by atoms with van der Waals surface area (Å²) >= 11 is 0. The Morgan fingerprint density at radius 2 is 2.30 bits per heavy atom. The average Bonchev–Trinajstić information content (AvgIpc) is 2.08. The van der Waals surface area contributed by atoms with E-state index < -0.39 is 6.08 Å². The van der Waals surface area contributed by atoms with E-state index in [1.54, 1.807) is 0 Å². The quantitative estimate of drug-likeness (QED) is 0.616. The van der Waals surface area contributed by atoms with Crippen LogP contribution in [-0.2, 0) is 0 Å². The fourth-order valence-corrected chi connectivity index (χ4v) is 1.04. The first kappa shape index (κ1) is 10.6. The first-order valence-electron chi connectivity index (χ1n) is 3.56. The zero-order valence-electron chi connectivity index (χ0n) is 7.15. The van der Waals surface area contributed by atoms with Crippen LogP contribution in [0.2, 0.25) is 0 Å². The van der Waals surface area contributed by atoms with E-state index in [9.17, 15) is 0 Å². The normalized spacial score (nSPS) is 31.0. The topological polar surface area (TPSA) is 32.3 Å². The van der Waals surface area contributed by atoms with Gasteiger partial charge in [0.25, 0.3) is 0 Å². The van der Waals surface area contributed by atoms with Crippen LogP contribution in [0, 0.1) is 0 Å². The highest BCUT2D eigenvalue weighted by Crippen LogP contribution is 2.07. The van der Waals surface area contributed by atoms with Crippen LogP contribution in [0.5, 0.6) is 0 Å². The SMILES string of the molecule is S.S.[2H][C@](C)(O)[C@@H]1CCCN1. The van der Waals surface area contributed by atoms with Crippen LogP contribution in [0.3, 0.4) is 0 Å². The van der Waals surface area contributed by atoms with Crippen LogP contribution in [0.1, 0.15) is 21.1 Å². The van der Waals surface area contributed by atoms with E-state index in [0.717, 1.165) is 19.4 Å². The summed E-state index contributed by atoms with van der Waals surface area (Å²) in [5.41, 5.74) is 0. The van der Waals surface area contributed by atoms with Gasteiger partial charge in [0, 0.05) is 6.04 Å². The van der Waals surface area contributed by atoms with E-state index in [1.807, 2.05) is 0 Å². The molecule has 0 bridgehead atoms. The molecule has 0 aromatic rings. The maximum absolute atomic E-state index is 9.12. The minimum Gasteiger partial charge on any atom is -0.392 e. The van der Waals surface area contributed by atoms with Crippen molar-refractivity contribution >= 4 is 27.0 Å². The van der Waals surface area contributed by atoms with Gasteiger partial charge in [-0.3, -0.25) is 0 Å². The minimum atomic E-state index is -1.28. The molecule has 10 heavy (non-hydrogen) atoms. The maximum atomic E-state index is 9.12. The molecule has 4 heteroatoms. The highest BCUT2D eigenvalue weighted by molar-refractivity contribution is 7.59. The summed E-state index contributed by atoms with van der Waals surface area (Å²) in [6.07, 6.45) is 0.729. The van der Waals surface area contributed by atoms with Gasteiger partial charge in [-0.05, 0) is 26.3 Å². The van der Waals surface area contributed by atoms with Crippen molar-refractivity contribution in [2.75, 3.05) is 6.54 Å². The molecule has 1 aliphatic rings. The molecule has 2 nitrogen and oxygen atoms in total.